The van der Waals surface area contributed by atoms with Crippen molar-refractivity contribution in [3.05, 3.63) is 29.3 Å². The van der Waals surface area contributed by atoms with E-state index in [2.05, 4.69) is 31.7 Å². The largest absolute Gasteiger partial charge is 0.491 e. The minimum atomic E-state index is -0.484. The molecule has 1 saturated heterocycles. The topological polar surface area (TPSA) is 41.9 Å². The number of ether oxygens (including phenoxy) is 2. The lowest BCUT2D eigenvalue weighted by Gasteiger charge is -2.36. The summed E-state index contributed by atoms with van der Waals surface area (Å²) in [6.07, 6.45) is -0.0378. The smallest absolute Gasteiger partial charge is 0.122 e. The van der Waals surface area contributed by atoms with E-state index in [4.69, 9.17) is 9.47 Å². The first-order chi connectivity index (χ1) is 9.95. The van der Waals surface area contributed by atoms with Gasteiger partial charge in [-0.15, -0.1) is 0 Å². The molecule has 3 atom stereocenters. The minimum Gasteiger partial charge on any atom is -0.491 e. The van der Waals surface area contributed by atoms with E-state index in [-0.39, 0.29) is 12.2 Å². The summed E-state index contributed by atoms with van der Waals surface area (Å²) in [4.78, 5) is 2.25. The number of benzene rings is 1. The van der Waals surface area contributed by atoms with E-state index in [1.165, 1.54) is 5.56 Å². The molecule has 1 aromatic carbocycles. The van der Waals surface area contributed by atoms with Crippen molar-refractivity contribution in [1.82, 2.24) is 4.90 Å². The molecule has 0 spiro atoms. The number of nitrogens with zero attached hydrogens (tertiary/aromatic N) is 1. The molecule has 4 nitrogen and oxygen atoms in total. The van der Waals surface area contributed by atoms with E-state index in [1.54, 1.807) is 0 Å². The van der Waals surface area contributed by atoms with Crippen LogP contribution in [0, 0.1) is 13.8 Å². The van der Waals surface area contributed by atoms with Gasteiger partial charge >= 0.3 is 0 Å². The zero-order valence-electron chi connectivity index (χ0n) is 13.5. The van der Waals surface area contributed by atoms with Gasteiger partial charge in [-0.2, -0.15) is 0 Å². The normalized spacial score (nSPS) is 24.8. The molecular weight excluding hydrogens is 266 g/mol. The molecule has 0 amide bonds. The van der Waals surface area contributed by atoms with Crippen LogP contribution in [0.1, 0.15) is 25.0 Å². The average molecular weight is 293 g/mol. The zero-order valence-corrected chi connectivity index (χ0v) is 13.5. The van der Waals surface area contributed by atoms with Gasteiger partial charge in [-0.25, -0.2) is 0 Å². The van der Waals surface area contributed by atoms with E-state index in [0.29, 0.717) is 13.2 Å². The summed E-state index contributed by atoms with van der Waals surface area (Å²) in [6.45, 7) is 10.9. The van der Waals surface area contributed by atoms with Crippen molar-refractivity contribution in [3.8, 4) is 5.75 Å². The Hall–Kier alpha value is -1.10. The van der Waals surface area contributed by atoms with Gasteiger partial charge in [0, 0.05) is 19.6 Å². The van der Waals surface area contributed by atoms with Gasteiger partial charge < -0.3 is 14.6 Å². The van der Waals surface area contributed by atoms with Gasteiger partial charge in [0.25, 0.3) is 0 Å². The van der Waals surface area contributed by atoms with Crippen LogP contribution in [0.4, 0.5) is 0 Å². The van der Waals surface area contributed by atoms with Crippen molar-refractivity contribution in [1.29, 1.82) is 0 Å². The maximum atomic E-state index is 10.2. The summed E-state index contributed by atoms with van der Waals surface area (Å²) in [7, 11) is 0. The number of aryl methyl sites for hydroxylation is 1. The summed E-state index contributed by atoms with van der Waals surface area (Å²) in [5.41, 5.74) is 2.34. The van der Waals surface area contributed by atoms with Gasteiger partial charge in [0.1, 0.15) is 18.5 Å². The molecule has 1 aromatic rings. The lowest BCUT2D eigenvalue weighted by molar-refractivity contribution is -0.0786. The first-order valence-corrected chi connectivity index (χ1v) is 7.70. The Balaban J connectivity index is 1.82. The third-order valence-corrected chi connectivity index (χ3v) is 3.95. The molecule has 21 heavy (non-hydrogen) atoms. The Morgan fingerprint density at radius 2 is 1.95 bits per heavy atom. The number of hydrogen-bond donors (Lipinski definition) is 1. The second-order valence-electron chi connectivity index (χ2n) is 6.14. The van der Waals surface area contributed by atoms with Crippen LogP contribution in [0.3, 0.4) is 0 Å². The number of hydrogen-bond acceptors (Lipinski definition) is 4. The number of rotatable bonds is 5. The van der Waals surface area contributed by atoms with E-state index >= 15 is 0 Å². The fourth-order valence-electron chi connectivity index (χ4n) is 2.85. The van der Waals surface area contributed by atoms with Gasteiger partial charge in [0.15, 0.2) is 0 Å². The fraction of sp³-hybridized carbons (Fsp3) is 0.647. The highest BCUT2D eigenvalue weighted by Gasteiger charge is 2.24. The lowest BCUT2D eigenvalue weighted by Crippen LogP contribution is -2.48. The van der Waals surface area contributed by atoms with Crippen molar-refractivity contribution in [3.63, 3.8) is 0 Å². The Bertz CT molecular complexity index is 453. The summed E-state index contributed by atoms with van der Waals surface area (Å²) in [5, 5.41) is 10.2. The maximum Gasteiger partial charge on any atom is 0.122 e. The minimum absolute atomic E-state index is 0.223. The molecule has 0 unspecified atom stereocenters. The molecule has 1 aliphatic rings. The molecule has 1 heterocycles. The molecule has 0 saturated carbocycles. The lowest BCUT2D eigenvalue weighted by atomic mass is 10.1. The maximum absolute atomic E-state index is 10.2. The summed E-state index contributed by atoms with van der Waals surface area (Å²) >= 11 is 0. The molecule has 1 aliphatic heterocycles. The molecule has 2 rings (SSSR count). The van der Waals surface area contributed by atoms with E-state index in [1.807, 2.05) is 19.1 Å². The highest BCUT2D eigenvalue weighted by atomic mass is 16.5. The molecule has 1 fully saturated rings. The number of β-amino-alcohol motifs (C(OH)–C–C–N with tert-alkyl or cyclic N) is 1. The molecule has 0 aromatic heterocycles. The van der Waals surface area contributed by atoms with Gasteiger partial charge in [0.2, 0.25) is 0 Å². The summed E-state index contributed by atoms with van der Waals surface area (Å²) in [6, 6.07) is 6.00. The van der Waals surface area contributed by atoms with Crippen LogP contribution in [-0.2, 0) is 4.74 Å². The number of aliphatic hydroxyl groups is 1. The van der Waals surface area contributed by atoms with Crippen LogP contribution in [0.2, 0.25) is 0 Å². The molecule has 4 heteroatoms. The molecule has 0 bridgehead atoms. The van der Waals surface area contributed by atoms with Crippen molar-refractivity contribution in [2.75, 3.05) is 26.2 Å². The van der Waals surface area contributed by atoms with E-state index < -0.39 is 6.10 Å². The third kappa shape index (κ3) is 4.70. The van der Waals surface area contributed by atoms with Crippen LogP contribution in [-0.4, -0.2) is 54.6 Å². The predicted molar refractivity (Wildman–Crippen MR) is 83.9 cm³/mol. The van der Waals surface area contributed by atoms with Crippen LogP contribution in [0.5, 0.6) is 5.75 Å². The van der Waals surface area contributed by atoms with Gasteiger partial charge in [0.05, 0.1) is 12.2 Å². The van der Waals surface area contributed by atoms with Crippen LogP contribution in [0.15, 0.2) is 18.2 Å². The predicted octanol–water partition coefficient (Wildman–Crippen LogP) is 2.15. The van der Waals surface area contributed by atoms with Gasteiger partial charge in [-0.05, 0) is 44.9 Å². The molecule has 1 N–H and O–H groups in total. The highest BCUT2D eigenvalue weighted by Crippen LogP contribution is 2.20. The summed E-state index contributed by atoms with van der Waals surface area (Å²) in [5.74, 6) is 0.859. The first-order valence-electron chi connectivity index (χ1n) is 7.70. The first kappa shape index (κ1) is 16.3. The number of aliphatic hydroxyl groups excluding tert-OH is 1. The molecular formula is C17H27NO3. The quantitative estimate of drug-likeness (QED) is 0.903. The Labute approximate surface area is 127 Å². The van der Waals surface area contributed by atoms with Crippen LogP contribution >= 0.6 is 0 Å². The Morgan fingerprint density at radius 3 is 2.62 bits per heavy atom. The Morgan fingerprint density at radius 1 is 1.29 bits per heavy atom. The third-order valence-electron chi connectivity index (χ3n) is 3.95. The van der Waals surface area contributed by atoms with Crippen LogP contribution < -0.4 is 4.74 Å². The molecule has 118 valence electrons. The van der Waals surface area contributed by atoms with Crippen molar-refractivity contribution in [2.45, 2.75) is 46.0 Å². The second kappa shape index (κ2) is 7.25. The SMILES string of the molecule is Cc1cccc(OC[C@@H](O)CN2C[C@@H](C)O[C@H](C)C2)c1C. The average Bonchev–Trinajstić information content (AvgIpc) is 2.39. The highest BCUT2D eigenvalue weighted by molar-refractivity contribution is 5.38. The summed E-state index contributed by atoms with van der Waals surface area (Å²) < 4.78 is 11.5. The van der Waals surface area contributed by atoms with E-state index in [0.717, 1.165) is 24.4 Å². The van der Waals surface area contributed by atoms with Crippen molar-refractivity contribution < 1.29 is 14.6 Å². The van der Waals surface area contributed by atoms with E-state index in [9.17, 15) is 5.11 Å². The monoisotopic (exact) mass is 293 g/mol. The van der Waals surface area contributed by atoms with Crippen LogP contribution in [0.25, 0.3) is 0 Å². The molecule has 0 aliphatic carbocycles. The van der Waals surface area contributed by atoms with Gasteiger partial charge in [-0.1, -0.05) is 12.1 Å². The second-order valence-corrected chi connectivity index (χ2v) is 6.14. The number of morpholine rings is 1. The van der Waals surface area contributed by atoms with Crippen molar-refractivity contribution >= 4 is 0 Å². The van der Waals surface area contributed by atoms with Crippen molar-refractivity contribution in [2.24, 2.45) is 0 Å². The fourth-order valence-corrected chi connectivity index (χ4v) is 2.85. The van der Waals surface area contributed by atoms with Gasteiger partial charge in [-0.3, -0.25) is 4.90 Å². The zero-order chi connectivity index (χ0) is 15.4. The Kier molecular flexibility index (Phi) is 5.62. The molecule has 0 radical (unpaired) electrons. The standard InChI is InChI=1S/C17H27NO3/c1-12-6-5-7-17(15(12)4)20-11-16(19)10-18-8-13(2)21-14(3)9-18/h5-7,13-14,16,19H,8-11H2,1-4H3/t13-,14-,16+/m1/s1.